The molecule has 1 atom stereocenters. The minimum Gasteiger partial charge on any atom is -0.367 e. The molecule has 6 nitrogen and oxygen atoms in total. The summed E-state index contributed by atoms with van der Waals surface area (Å²) in [6, 6.07) is 7.43. The molecule has 2 heterocycles. The molecule has 124 valence electrons. The average molecular weight is 324 g/mol. The second-order valence-electron chi connectivity index (χ2n) is 6.30. The van der Waals surface area contributed by atoms with Crippen LogP contribution in [0.3, 0.4) is 0 Å². The summed E-state index contributed by atoms with van der Waals surface area (Å²) in [6.45, 7) is 5.36. The van der Waals surface area contributed by atoms with Gasteiger partial charge in [-0.2, -0.15) is 10.4 Å². The van der Waals surface area contributed by atoms with Gasteiger partial charge in [-0.05, 0) is 32.0 Å². The van der Waals surface area contributed by atoms with Crippen molar-refractivity contribution in [3.8, 4) is 6.07 Å². The smallest absolute Gasteiger partial charge is 0.159 e. The highest BCUT2D eigenvalue weighted by molar-refractivity contribution is 5.95. The number of morpholine rings is 1. The molecule has 1 aromatic heterocycles. The first-order valence-corrected chi connectivity index (χ1v) is 7.86. The molecule has 0 spiro atoms. The molecule has 0 aliphatic carbocycles. The lowest BCUT2D eigenvalue weighted by molar-refractivity contribution is -0.0466. The summed E-state index contributed by atoms with van der Waals surface area (Å²) in [5.74, 6) is -0.0102. The van der Waals surface area contributed by atoms with Gasteiger partial charge in [0.15, 0.2) is 5.78 Å². The Bertz CT molecular complexity index is 821. The number of nitriles is 1. The number of carbonyl (C=O) groups excluding carboxylic acids is 1. The van der Waals surface area contributed by atoms with Gasteiger partial charge in [0.2, 0.25) is 0 Å². The van der Waals surface area contributed by atoms with Crippen molar-refractivity contribution in [2.75, 3.05) is 24.6 Å². The van der Waals surface area contributed by atoms with E-state index >= 15 is 0 Å². The van der Waals surface area contributed by atoms with E-state index < -0.39 is 5.60 Å². The predicted octanol–water partition coefficient (Wildman–Crippen LogP) is 2.25. The lowest BCUT2D eigenvalue weighted by Crippen LogP contribution is -2.48. The normalized spacial score (nSPS) is 20.7. The third-order valence-electron chi connectivity index (χ3n) is 4.46. The molecular formula is C18H20N4O2. The predicted molar refractivity (Wildman–Crippen MR) is 89.9 cm³/mol. The molecule has 0 bridgehead atoms. The topological polar surface area (TPSA) is 71.2 Å². The minimum absolute atomic E-state index is 0.0102. The number of aromatic nitrogens is 2. The van der Waals surface area contributed by atoms with Gasteiger partial charge in [0.25, 0.3) is 0 Å². The van der Waals surface area contributed by atoms with Crippen molar-refractivity contribution < 1.29 is 9.53 Å². The molecule has 24 heavy (non-hydrogen) atoms. The number of carbonyl (C=O) groups is 1. The Hall–Kier alpha value is -2.65. The van der Waals surface area contributed by atoms with Crippen LogP contribution in [0.15, 0.2) is 30.6 Å². The first-order chi connectivity index (χ1) is 11.4. The van der Waals surface area contributed by atoms with Gasteiger partial charge >= 0.3 is 0 Å². The van der Waals surface area contributed by atoms with E-state index in [4.69, 9.17) is 4.74 Å². The summed E-state index contributed by atoms with van der Waals surface area (Å²) in [5.41, 5.74) is 2.44. The van der Waals surface area contributed by atoms with Gasteiger partial charge in [-0.3, -0.25) is 9.48 Å². The largest absolute Gasteiger partial charge is 0.367 e. The Balaban J connectivity index is 1.96. The Morgan fingerprint density at radius 2 is 2.25 bits per heavy atom. The zero-order chi connectivity index (χ0) is 17.3. The SMILES string of the molecule is CC(=O)c1ccc(C#N)c(N2CCOC(C)(c3cnn(C)c3)C2)c1. The fourth-order valence-corrected chi connectivity index (χ4v) is 3.05. The van der Waals surface area contributed by atoms with E-state index in [0.717, 1.165) is 11.3 Å². The maximum atomic E-state index is 11.7. The average Bonchev–Trinajstić information content (AvgIpc) is 3.01. The lowest BCUT2D eigenvalue weighted by atomic mass is 9.95. The molecule has 1 fully saturated rings. The Morgan fingerprint density at radius 1 is 1.46 bits per heavy atom. The van der Waals surface area contributed by atoms with E-state index in [1.54, 1.807) is 29.1 Å². The Labute approximate surface area is 141 Å². The molecule has 3 rings (SSSR count). The van der Waals surface area contributed by atoms with Gasteiger partial charge in [-0.25, -0.2) is 0 Å². The zero-order valence-corrected chi connectivity index (χ0v) is 14.1. The number of aryl methyl sites for hydroxylation is 1. The monoisotopic (exact) mass is 324 g/mol. The molecular weight excluding hydrogens is 304 g/mol. The highest BCUT2D eigenvalue weighted by Crippen LogP contribution is 2.33. The van der Waals surface area contributed by atoms with Crippen molar-refractivity contribution >= 4 is 11.5 Å². The Morgan fingerprint density at radius 3 is 2.88 bits per heavy atom. The standard InChI is InChI=1S/C18H20N4O2/c1-13(23)14-4-5-15(9-19)17(8-14)22-6-7-24-18(2,12-22)16-10-20-21(3)11-16/h4-5,8,10-11H,6-7,12H2,1-3H3. The van der Waals surface area contributed by atoms with E-state index in [1.165, 1.54) is 6.92 Å². The van der Waals surface area contributed by atoms with Gasteiger partial charge in [-0.1, -0.05) is 0 Å². The molecule has 0 amide bonds. The summed E-state index contributed by atoms with van der Waals surface area (Å²) in [4.78, 5) is 13.8. The maximum absolute atomic E-state index is 11.7. The fraction of sp³-hybridized carbons (Fsp3) is 0.389. The van der Waals surface area contributed by atoms with Crippen molar-refractivity contribution in [3.05, 3.63) is 47.3 Å². The molecule has 1 aromatic carbocycles. The van der Waals surface area contributed by atoms with Gasteiger partial charge in [-0.15, -0.1) is 0 Å². The van der Waals surface area contributed by atoms with Crippen molar-refractivity contribution in [2.24, 2.45) is 7.05 Å². The molecule has 6 heteroatoms. The molecule has 0 radical (unpaired) electrons. The van der Waals surface area contributed by atoms with Crippen LogP contribution in [0.2, 0.25) is 0 Å². The number of Topliss-reactive ketones (excluding diaryl/α,β-unsaturated/α-hetero) is 1. The molecule has 0 saturated carbocycles. The fourth-order valence-electron chi connectivity index (χ4n) is 3.05. The van der Waals surface area contributed by atoms with E-state index in [2.05, 4.69) is 16.1 Å². The molecule has 1 saturated heterocycles. The van der Waals surface area contributed by atoms with E-state index in [0.29, 0.717) is 30.8 Å². The van der Waals surface area contributed by atoms with E-state index in [-0.39, 0.29) is 5.78 Å². The van der Waals surface area contributed by atoms with Gasteiger partial charge in [0.1, 0.15) is 11.7 Å². The van der Waals surface area contributed by atoms with Crippen molar-refractivity contribution in [3.63, 3.8) is 0 Å². The highest BCUT2D eigenvalue weighted by atomic mass is 16.5. The number of ketones is 1. The third-order valence-corrected chi connectivity index (χ3v) is 4.46. The number of ether oxygens (including phenoxy) is 1. The van der Waals surface area contributed by atoms with Crippen LogP contribution in [-0.2, 0) is 17.4 Å². The molecule has 1 aliphatic rings. The Kier molecular flexibility index (Phi) is 4.12. The first-order valence-electron chi connectivity index (χ1n) is 7.86. The number of hydrogen-bond acceptors (Lipinski definition) is 5. The number of rotatable bonds is 3. The van der Waals surface area contributed by atoms with Crippen LogP contribution in [-0.4, -0.2) is 35.3 Å². The molecule has 1 aliphatic heterocycles. The van der Waals surface area contributed by atoms with Gasteiger partial charge in [0, 0.05) is 30.9 Å². The number of benzene rings is 1. The van der Waals surface area contributed by atoms with Crippen molar-refractivity contribution in [2.45, 2.75) is 19.4 Å². The van der Waals surface area contributed by atoms with E-state index in [9.17, 15) is 10.1 Å². The number of hydrogen-bond donors (Lipinski definition) is 0. The third kappa shape index (κ3) is 2.91. The van der Waals surface area contributed by atoms with Crippen molar-refractivity contribution in [1.29, 1.82) is 5.26 Å². The second kappa shape index (κ2) is 6.10. The summed E-state index contributed by atoms with van der Waals surface area (Å²) >= 11 is 0. The zero-order valence-electron chi connectivity index (χ0n) is 14.1. The summed E-state index contributed by atoms with van der Waals surface area (Å²) < 4.78 is 7.77. The lowest BCUT2D eigenvalue weighted by Gasteiger charge is -2.41. The summed E-state index contributed by atoms with van der Waals surface area (Å²) in [5, 5.41) is 13.6. The number of nitrogens with zero attached hydrogens (tertiary/aromatic N) is 4. The highest BCUT2D eigenvalue weighted by Gasteiger charge is 2.35. The van der Waals surface area contributed by atoms with Gasteiger partial charge < -0.3 is 9.64 Å². The summed E-state index contributed by atoms with van der Waals surface area (Å²) in [6.07, 6.45) is 3.75. The first kappa shape index (κ1) is 16.2. The van der Waals surface area contributed by atoms with Gasteiger partial charge in [0.05, 0.1) is 30.6 Å². The molecule has 1 unspecified atom stereocenters. The maximum Gasteiger partial charge on any atom is 0.159 e. The quantitative estimate of drug-likeness (QED) is 0.810. The van der Waals surface area contributed by atoms with Crippen LogP contribution in [0.1, 0.15) is 35.3 Å². The number of anilines is 1. The van der Waals surface area contributed by atoms with Crippen LogP contribution < -0.4 is 4.90 Å². The van der Waals surface area contributed by atoms with Crippen LogP contribution >= 0.6 is 0 Å². The van der Waals surface area contributed by atoms with Crippen LogP contribution in [0, 0.1) is 11.3 Å². The van der Waals surface area contributed by atoms with Crippen LogP contribution in [0.5, 0.6) is 0 Å². The van der Waals surface area contributed by atoms with Crippen LogP contribution in [0.4, 0.5) is 5.69 Å². The summed E-state index contributed by atoms with van der Waals surface area (Å²) in [7, 11) is 1.87. The second-order valence-corrected chi connectivity index (χ2v) is 6.30. The molecule has 0 N–H and O–H groups in total. The van der Waals surface area contributed by atoms with Crippen molar-refractivity contribution in [1.82, 2.24) is 9.78 Å². The van der Waals surface area contributed by atoms with E-state index in [1.807, 2.05) is 20.2 Å². The molecule has 2 aromatic rings. The minimum atomic E-state index is -0.508. The van der Waals surface area contributed by atoms with Crippen LogP contribution in [0.25, 0.3) is 0 Å².